The van der Waals surface area contributed by atoms with Gasteiger partial charge in [0.15, 0.2) is 5.78 Å². The summed E-state index contributed by atoms with van der Waals surface area (Å²) in [5.74, 6) is 1.12. The molecule has 0 radical (unpaired) electrons. The molecule has 5 rings (SSSR count). The molecule has 0 spiro atoms. The molecule has 2 aromatic carbocycles. The molecule has 1 aliphatic carbocycles. The van der Waals surface area contributed by atoms with Crippen LogP contribution in [0.15, 0.2) is 64.3 Å². The van der Waals surface area contributed by atoms with Crippen LogP contribution in [0.5, 0.6) is 5.75 Å². The first kappa shape index (κ1) is 19.6. The Morgan fingerprint density at radius 1 is 1.10 bits per heavy atom. The van der Waals surface area contributed by atoms with Gasteiger partial charge in [0.25, 0.3) is 0 Å². The lowest BCUT2D eigenvalue weighted by molar-refractivity contribution is -0.116. The van der Waals surface area contributed by atoms with Gasteiger partial charge in [-0.15, -0.1) is 0 Å². The maximum atomic E-state index is 13.5. The number of nitrogens with one attached hydrogen (secondary N) is 1. The molecule has 2 heterocycles. The minimum Gasteiger partial charge on any atom is -0.508 e. The number of benzene rings is 2. The third kappa shape index (κ3) is 3.25. The average molecular weight is 415 g/mol. The van der Waals surface area contributed by atoms with Gasteiger partial charge in [0, 0.05) is 29.5 Å². The molecular formula is C26H26N2O3. The van der Waals surface area contributed by atoms with E-state index in [2.05, 4.69) is 48.6 Å². The standard InChI is InChI=1S/C26H26N2O3/c1-14(2)16-8-10-17(11-9-16)24-23-15(3)28-31-26(23)27-20-12-18(13-22(30)25(20)24)19-6-4-5-7-21(19)29/h4-11,14,18,24,27,29H,12-13H2,1-3H3/t18-,24-/m1/s1. The number of phenolic OH excluding ortho intramolecular Hbond substituents is 1. The number of phenols is 1. The van der Waals surface area contributed by atoms with Crippen LogP contribution >= 0.6 is 0 Å². The summed E-state index contributed by atoms with van der Waals surface area (Å²) in [6.45, 7) is 6.27. The van der Waals surface area contributed by atoms with Crippen LogP contribution in [0.1, 0.15) is 72.4 Å². The number of carbonyl (C=O) groups is 1. The van der Waals surface area contributed by atoms with Crippen molar-refractivity contribution in [1.82, 2.24) is 5.16 Å². The molecule has 2 atom stereocenters. The molecule has 31 heavy (non-hydrogen) atoms. The van der Waals surface area contributed by atoms with Crippen LogP contribution in [-0.4, -0.2) is 16.0 Å². The van der Waals surface area contributed by atoms with E-state index in [0.29, 0.717) is 24.6 Å². The molecule has 2 aliphatic rings. The first-order valence-electron chi connectivity index (χ1n) is 10.8. The molecule has 5 nitrogen and oxygen atoms in total. The normalized spacial score (nSPS) is 20.5. The smallest absolute Gasteiger partial charge is 0.233 e. The number of aromatic hydroxyl groups is 1. The highest BCUT2D eigenvalue weighted by Gasteiger charge is 2.41. The lowest BCUT2D eigenvalue weighted by Gasteiger charge is -2.34. The number of hydrogen-bond acceptors (Lipinski definition) is 5. The first-order valence-corrected chi connectivity index (χ1v) is 10.8. The molecule has 1 aliphatic heterocycles. The van der Waals surface area contributed by atoms with E-state index in [9.17, 15) is 9.90 Å². The van der Waals surface area contributed by atoms with E-state index in [1.165, 1.54) is 5.56 Å². The Morgan fingerprint density at radius 3 is 2.55 bits per heavy atom. The predicted octanol–water partition coefficient (Wildman–Crippen LogP) is 5.77. The number of Topliss-reactive ketones (excluding diaryl/α,β-unsaturated/α-hetero) is 1. The van der Waals surface area contributed by atoms with Gasteiger partial charge in [-0.1, -0.05) is 61.5 Å². The summed E-state index contributed by atoms with van der Waals surface area (Å²) in [5, 5.41) is 17.9. The van der Waals surface area contributed by atoms with E-state index in [1.807, 2.05) is 19.1 Å². The molecule has 0 amide bonds. The molecule has 0 bridgehead atoms. The van der Waals surface area contributed by atoms with Crippen LogP contribution in [0.4, 0.5) is 5.88 Å². The summed E-state index contributed by atoms with van der Waals surface area (Å²) >= 11 is 0. The molecule has 2 N–H and O–H groups in total. The number of fused-ring (bicyclic) bond motifs is 1. The minimum atomic E-state index is -0.198. The zero-order chi connectivity index (χ0) is 21.7. The van der Waals surface area contributed by atoms with Crippen molar-refractivity contribution in [1.29, 1.82) is 0 Å². The van der Waals surface area contributed by atoms with E-state index in [1.54, 1.807) is 12.1 Å². The minimum absolute atomic E-state index is 0.0746. The predicted molar refractivity (Wildman–Crippen MR) is 119 cm³/mol. The Balaban J connectivity index is 1.61. The highest BCUT2D eigenvalue weighted by Crippen LogP contribution is 2.49. The lowest BCUT2D eigenvalue weighted by atomic mass is 9.72. The third-order valence-electron chi connectivity index (χ3n) is 6.57. The number of hydrogen-bond donors (Lipinski definition) is 2. The van der Waals surface area contributed by atoms with E-state index >= 15 is 0 Å². The van der Waals surface area contributed by atoms with Gasteiger partial charge >= 0.3 is 0 Å². The van der Waals surface area contributed by atoms with Crippen LogP contribution in [0.3, 0.4) is 0 Å². The van der Waals surface area contributed by atoms with Gasteiger partial charge in [-0.3, -0.25) is 4.79 Å². The number of aryl methyl sites for hydroxylation is 1. The average Bonchev–Trinajstić information content (AvgIpc) is 3.13. The number of aromatic nitrogens is 1. The second-order valence-electron chi connectivity index (χ2n) is 8.87. The second kappa shape index (κ2) is 7.41. The van der Waals surface area contributed by atoms with E-state index in [0.717, 1.165) is 33.7 Å². The molecular weight excluding hydrogens is 388 g/mol. The maximum Gasteiger partial charge on any atom is 0.233 e. The Morgan fingerprint density at radius 2 is 1.84 bits per heavy atom. The Kier molecular flexibility index (Phi) is 4.69. The van der Waals surface area contributed by atoms with Crippen LogP contribution in [-0.2, 0) is 4.79 Å². The van der Waals surface area contributed by atoms with Crippen LogP contribution in [0, 0.1) is 6.92 Å². The van der Waals surface area contributed by atoms with Gasteiger partial charge < -0.3 is 14.9 Å². The van der Waals surface area contributed by atoms with Crippen molar-refractivity contribution in [2.75, 3.05) is 5.32 Å². The number of anilines is 1. The Labute approximate surface area is 181 Å². The van der Waals surface area contributed by atoms with E-state index < -0.39 is 0 Å². The summed E-state index contributed by atoms with van der Waals surface area (Å²) < 4.78 is 5.59. The highest BCUT2D eigenvalue weighted by atomic mass is 16.5. The van der Waals surface area contributed by atoms with Crippen molar-refractivity contribution >= 4 is 11.7 Å². The van der Waals surface area contributed by atoms with Crippen molar-refractivity contribution in [2.24, 2.45) is 0 Å². The lowest BCUT2D eigenvalue weighted by Crippen LogP contribution is -2.29. The number of allylic oxidation sites excluding steroid dienone is 2. The summed E-state index contributed by atoms with van der Waals surface area (Å²) in [4.78, 5) is 13.5. The molecule has 158 valence electrons. The molecule has 0 saturated carbocycles. The molecule has 1 aromatic heterocycles. The Hall–Kier alpha value is -3.34. The quantitative estimate of drug-likeness (QED) is 0.569. The van der Waals surface area contributed by atoms with Crippen molar-refractivity contribution in [3.8, 4) is 5.75 Å². The van der Waals surface area contributed by atoms with Gasteiger partial charge in [0.2, 0.25) is 5.88 Å². The van der Waals surface area contributed by atoms with Crippen molar-refractivity contribution in [2.45, 2.75) is 51.4 Å². The van der Waals surface area contributed by atoms with E-state index in [-0.39, 0.29) is 23.4 Å². The number of carbonyl (C=O) groups excluding carboxylic acids is 1. The van der Waals surface area contributed by atoms with Crippen molar-refractivity contribution in [3.63, 3.8) is 0 Å². The zero-order valence-electron chi connectivity index (χ0n) is 18.0. The summed E-state index contributed by atoms with van der Waals surface area (Å²) in [5.41, 5.74) is 6.53. The summed E-state index contributed by atoms with van der Waals surface area (Å²) in [6.07, 6.45) is 1.01. The number of para-hydroxylation sites is 1. The summed E-state index contributed by atoms with van der Waals surface area (Å²) in [6, 6.07) is 15.8. The zero-order valence-corrected chi connectivity index (χ0v) is 18.0. The fraction of sp³-hybridized carbons (Fsp3) is 0.308. The molecule has 3 aromatic rings. The monoisotopic (exact) mass is 414 g/mol. The highest BCUT2D eigenvalue weighted by molar-refractivity contribution is 6.01. The van der Waals surface area contributed by atoms with Gasteiger partial charge in [0.05, 0.1) is 11.3 Å². The number of rotatable bonds is 3. The number of nitrogens with zero attached hydrogens (tertiary/aromatic N) is 1. The molecule has 0 saturated heterocycles. The van der Waals surface area contributed by atoms with Crippen molar-refractivity contribution < 1.29 is 14.4 Å². The largest absolute Gasteiger partial charge is 0.508 e. The van der Waals surface area contributed by atoms with Crippen molar-refractivity contribution in [3.05, 3.63) is 87.7 Å². The van der Waals surface area contributed by atoms with Crippen LogP contribution < -0.4 is 5.32 Å². The molecule has 5 heteroatoms. The Bertz CT molecular complexity index is 1190. The fourth-order valence-corrected chi connectivity index (χ4v) is 4.93. The SMILES string of the molecule is Cc1noc2c1[C@@H](c1ccc(C(C)C)cc1)C1=C(C[C@@H](c3ccccc3O)CC1=O)N2. The molecule has 0 fully saturated rings. The fourth-order valence-electron chi connectivity index (χ4n) is 4.93. The second-order valence-corrected chi connectivity index (χ2v) is 8.87. The first-order chi connectivity index (χ1) is 14.9. The van der Waals surface area contributed by atoms with Crippen LogP contribution in [0.2, 0.25) is 0 Å². The third-order valence-corrected chi connectivity index (χ3v) is 6.57. The topological polar surface area (TPSA) is 75.4 Å². The number of ketones is 1. The van der Waals surface area contributed by atoms with Gasteiger partial charge in [0.1, 0.15) is 5.75 Å². The van der Waals surface area contributed by atoms with Crippen LogP contribution in [0.25, 0.3) is 0 Å². The molecule has 0 unspecified atom stereocenters. The summed E-state index contributed by atoms with van der Waals surface area (Å²) in [7, 11) is 0. The van der Waals surface area contributed by atoms with Gasteiger partial charge in [-0.2, -0.15) is 0 Å². The van der Waals surface area contributed by atoms with E-state index in [4.69, 9.17) is 4.52 Å². The maximum absolute atomic E-state index is 13.5. The van der Waals surface area contributed by atoms with Gasteiger partial charge in [-0.05, 0) is 42.0 Å². The van der Waals surface area contributed by atoms with Gasteiger partial charge in [-0.25, -0.2) is 0 Å².